The zero-order chi connectivity index (χ0) is 19.3. The second kappa shape index (κ2) is 8.25. The lowest BCUT2D eigenvalue weighted by Gasteiger charge is -2.17. The van der Waals surface area contributed by atoms with Gasteiger partial charge in [0.15, 0.2) is 5.76 Å². The summed E-state index contributed by atoms with van der Waals surface area (Å²) in [5, 5.41) is 0. The molecule has 6 nitrogen and oxygen atoms in total. The first kappa shape index (κ1) is 18.2. The molecule has 0 aliphatic heterocycles. The van der Waals surface area contributed by atoms with Crippen LogP contribution in [0.4, 0.5) is 0 Å². The van der Waals surface area contributed by atoms with Gasteiger partial charge >= 0.3 is 0 Å². The molecule has 0 N–H and O–H groups in total. The monoisotopic (exact) mass is 377 g/mol. The number of hydrogen-bond acceptors (Lipinski definition) is 4. The molecule has 6 heteroatoms. The van der Waals surface area contributed by atoms with Crippen molar-refractivity contribution < 1.29 is 9.21 Å². The van der Waals surface area contributed by atoms with Crippen LogP contribution in [0.1, 0.15) is 48.4 Å². The number of rotatable bonds is 4. The number of furan rings is 1. The predicted molar refractivity (Wildman–Crippen MR) is 105 cm³/mol. The van der Waals surface area contributed by atoms with Crippen LogP contribution in [0, 0.1) is 0 Å². The Bertz CT molecular complexity index is 1080. The Hall–Kier alpha value is -3.15. The van der Waals surface area contributed by atoms with Crippen molar-refractivity contribution in [3.63, 3.8) is 0 Å². The summed E-state index contributed by atoms with van der Waals surface area (Å²) in [6, 6.07) is 14.2. The van der Waals surface area contributed by atoms with E-state index < -0.39 is 0 Å². The second-order valence-corrected chi connectivity index (χ2v) is 7.09. The lowest BCUT2D eigenvalue weighted by atomic mass is 9.96. The maximum atomic E-state index is 13.0. The number of pyridine rings is 2. The molecule has 1 aliphatic carbocycles. The average molecular weight is 377 g/mol. The first-order valence-electron chi connectivity index (χ1n) is 9.71. The standard InChI is InChI=1S/C22H23N3O3/c26-21-11-5-6-14-24(21)16-18-12-13-19(28-18)22(27)25-15-7-4-10-20(25)23-17-8-2-1-3-9-17/h4-7,10-15,17H,1-3,8-9,16H2. The van der Waals surface area contributed by atoms with E-state index >= 15 is 0 Å². The highest BCUT2D eigenvalue weighted by Gasteiger charge is 2.16. The van der Waals surface area contributed by atoms with Gasteiger partial charge in [-0.1, -0.05) is 31.4 Å². The zero-order valence-corrected chi connectivity index (χ0v) is 15.7. The highest BCUT2D eigenvalue weighted by atomic mass is 16.4. The van der Waals surface area contributed by atoms with Crippen LogP contribution in [0.2, 0.25) is 0 Å². The van der Waals surface area contributed by atoms with Gasteiger partial charge in [-0.25, -0.2) is 0 Å². The quantitative estimate of drug-likeness (QED) is 0.701. The highest BCUT2D eigenvalue weighted by Crippen LogP contribution is 2.19. The summed E-state index contributed by atoms with van der Waals surface area (Å²) in [6.07, 6.45) is 9.19. The first-order valence-corrected chi connectivity index (χ1v) is 9.71. The van der Waals surface area contributed by atoms with Crippen LogP contribution in [0.25, 0.3) is 0 Å². The van der Waals surface area contributed by atoms with Gasteiger partial charge in [0.05, 0.1) is 12.6 Å². The molecule has 0 saturated heterocycles. The van der Waals surface area contributed by atoms with Crippen LogP contribution in [0.15, 0.2) is 75.1 Å². The van der Waals surface area contributed by atoms with Crippen LogP contribution in [0.3, 0.4) is 0 Å². The number of aromatic nitrogens is 2. The fourth-order valence-corrected chi connectivity index (χ4v) is 3.56. The lowest BCUT2D eigenvalue weighted by Crippen LogP contribution is -2.29. The molecule has 1 saturated carbocycles. The van der Waals surface area contributed by atoms with E-state index in [-0.39, 0.29) is 29.8 Å². The van der Waals surface area contributed by atoms with Gasteiger partial charge in [-0.3, -0.25) is 19.1 Å². The summed E-state index contributed by atoms with van der Waals surface area (Å²) in [7, 11) is 0. The van der Waals surface area contributed by atoms with Crippen molar-refractivity contribution >= 4 is 5.91 Å². The minimum Gasteiger partial charge on any atom is -0.454 e. The van der Waals surface area contributed by atoms with Crippen LogP contribution < -0.4 is 11.0 Å². The van der Waals surface area contributed by atoms with E-state index in [1.165, 1.54) is 34.5 Å². The Morgan fingerprint density at radius 3 is 2.61 bits per heavy atom. The van der Waals surface area contributed by atoms with Crippen LogP contribution >= 0.6 is 0 Å². The summed E-state index contributed by atoms with van der Waals surface area (Å²) < 4.78 is 8.80. The molecule has 0 unspecified atom stereocenters. The van der Waals surface area contributed by atoms with Gasteiger partial charge in [0.25, 0.3) is 11.5 Å². The molecule has 0 radical (unpaired) electrons. The van der Waals surface area contributed by atoms with Crippen molar-refractivity contribution in [2.75, 3.05) is 0 Å². The third kappa shape index (κ3) is 4.06. The minimum atomic E-state index is -0.262. The molecule has 3 heterocycles. The predicted octanol–water partition coefficient (Wildman–Crippen LogP) is 3.21. The van der Waals surface area contributed by atoms with Gasteiger partial charge in [0, 0.05) is 18.5 Å². The van der Waals surface area contributed by atoms with Gasteiger partial charge in [0.1, 0.15) is 11.2 Å². The summed E-state index contributed by atoms with van der Waals surface area (Å²) in [5.74, 6) is 0.524. The van der Waals surface area contributed by atoms with E-state index in [1.807, 2.05) is 18.2 Å². The Morgan fingerprint density at radius 2 is 1.79 bits per heavy atom. The minimum absolute atomic E-state index is 0.113. The number of hydrogen-bond donors (Lipinski definition) is 0. The van der Waals surface area contributed by atoms with E-state index in [1.54, 1.807) is 36.7 Å². The van der Waals surface area contributed by atoms with Crippen molar-refractivity contribution in [1.29, 1.82) is 0 Å². The van der Waals surface area contributed by atoms with Gasteiger partial charge in [-0.15, -0.1) is 0 Å². The first-order chi connectivity index (χ1) is 13.7. The Labute approximate surface area is 162 Å². The molecule has 144 valence electrons. The molecule has 0 atom stereocenters. The van der Waals surface area contributed by atoms with Crippen LogP contribution in [0.5, 0.6) is 0 Å². The fraction of sp³-hybridized carbons (Fsp3) is 0.318. The molecule has 0 aromatic carbocycles. The molecular weight excluding hydrogens is 354 g/mol. The van der Waals surface area contributed by atoms with Crippen LogP contribution in [-0.2, 0) is 6.54 Å². The highest BCUT2D eigenvalue weighted by molar-refractivity contribution is 5.93. The van der Waals surface area contributed by atoms with E-state index in [9.17, 15) is 9.59 Å². The Balaban J connectivity index is 1.59. The Kier molecular flexibility index (Phi) is 5.37. The topological polar surface area (TPSA) is 69.5 Å². The van der Waals surface area contributed by atoms with Crippen molar-refractivity contribution in [3.05, 3.63) is 88.3 Å². The molecule has 4 rings (SSSR count). The fourth-order valence-electron chi connectivity index (χ4n) is 3.56. The molecule has 28 heavy (non-hydrogen) atoms. The molecule has 0 spiro atoms. The zero-order valence-electron chi connectivity index (χ0n) is 15.7. The number of carbonyl (C=O) groups excluding carboxylic acids is 1. The summed E-state index contributed by atoms with van der Waals surface area (Å²) >= 11 is 0. The summed E-state index contributed by atoms with van der Waals surface area (Å²) in [5.41, 5.74) is 0.536. The second-order valence-electron chi connectivity index (χ2n) is 7.09. The van der Waals surface area contributed by atoms with E-state index in [0.29, 0.717) is 11.2 Å². The van der Waals surface area contributed by atoms with Crippen LogP contribution in [-0.4, -0.2) is 21.1 Å². The van der Waals surface area contributed by atoms with Gasteiger partial charge < -0.3 is 8.98 Å². The maximum Gasteiger partial charge on any atom is 0.299 e. The summed E-state index contributed by atoms with van der Waals surface area (Å²) in [4.78, 5) is 29.6. The van der Waals surface area contributed by atoms with Crippen molar-refractivity contribution in [2.45, 2.75) is 44.7 Å². The molecule has 0 amide bonds. The van der Waals surface area contributed by atoms with Gasteiger partial charge in [-0.05, 0) is 43.2 Å². The molecule has 1 fully saturated rings. The third-order valence-electron chi connectivity index (χ3n) is 5.04. The third-order valence-corrected chi connectivity index (χ3v) is 5.04. The SMILES string of the molecule is O=C(c1ccc(Cn2ccccc2=O)o1)n1ccccc1=NC1CCCCC1. The van der Waals surface area contributed by atoms with E-state index in [0.717, 1.165) is 12.8 Å². The Morgan fingerprint density at radius 1 is 1.00 bits per heavy atom. The molecule has 3 aromatic rings. The van der Waals surface area contributed by atoms with Crippen molar-refractivity contribution in [2.24, 2.45) is 4.99 Å². The van der Waals surface area contributed by atoms with Crippen molar-refractivity contribution in [1.82, 2.24) is 9.13 Å². The lowest BCUT2D eigenvalue weighted by molar-refractivity contribution is 0.0924. The molecule has 3 aromatic heterocycles. The maximum absolute atomic E-state index is 13.0. The number of nitrogens with zero attached hydrogens (tertiary/aromatic N) is 3. The van der Waals surface area contributed by atoms with E-state index in [2.05, 4.69) is 0 Å². The normalized spacial score (nSPS) is 15.6. The summed E-state index contributed by atoms with van der Waals surface area (Å²) in [6.45, 7) is 0.283. The average Bonchev–Trinajstić information content (AvgIpc) is 3.19. The smallest absolute Gasteiger partial charge is 0.299 e. The number of carbonyl (C=O) groups is 1. The van der Waals surface area contributed by atoms with Crippen molar-refractivity contribution in [3.8, 4) is 0 Å². The molecular formula is C22H23N3O3. The van der Waals surface area contributed by atoms with Gasteiger partial charge in [-0.2, -0.15) is 0 Å². The van der Waals surface area contributed by atoms with Gasteiger partial charge in [0.2, 0.25) is 0 Å². The molecule has 1 aliphatic rings. The largest absolute Gasteiger partial charge is 0.454 e. The molecule has 0 bridgehead atoms. The van der Waals surface area contributed by atoms with E-state index in [4.69, 9.17) is 9.41 Å².